The number of carbonyl (C=O) groups is 1. The monoisotopic (exact) mass is 411 g/mol. The molecule has 2 heterocycles. The molecule has 4 rings (SSSR count). The second-order valence-electron chi connectivity index (χ2n) is 7.85. The number of anilines is 3. The normalized spacial score (nSPS) is 17.3. The predicted octanol–water partition coefficient (Wildman–Crippen LogP) is 1.62. The van der Waals surface area contributed by atoms with E-state index in [0.29, 0.717) is 30.4 Å². The molecule has 0 unspecified atom stereocenters. The number of amides is 1. The molecule has 160 valence electrons. The van der Waals surface area contributed by atoms with Gasteiger partial charge in [-0.25, -0.2) is 0 Å². The van der Waals surface area contributed by atoms with E-state index >= 15 is 0 Å². The Hall–Kier alpha value is -2.93. The van der Waals surface area contributed by atoms with E-state index < -0.39 is 0 Å². The van der Waals surface area contributed by atoms with Crippen LogP contribution in [0.15, 0.2) is 42.5 Å². The summed E-state index contributed by atoms with van der Waals surface area (Å²) in [6.07, 6.45) is 0. The summed E-state index contributed by atoms with van der Waals surface area (Å²) in [5, 5.41) is 6.22. The van der Waals surface area contributed by atoms with Gasteiger partial charge in [-0.1, -0.05) is 0 Å². The Kier molecular flexibility index (Phi) is 6.28. The van der Waals surface area contributed by atoms with Crippen LogP contribution in [-0.4, -0.2) is 57.9 Å². The molecule has 2 aromatic rings. The molecular weight excluding hydrogens is 380 g/mol. The third-order valence-corrected chi connectivity index (χ3v) is 5.79. The molecule has 1 atom stereocenters. The van der Waals surface area contributed by atoms with Gasteiger partial charge in [-0.3, -0.25) is 4.79 Å². The number of carbonyl (C=O) groups excluding carboxylic acids is 1. The average molecular weight is 412 g/mol. The quantitative estimate of drug-likeness (QED) is 0.674. The summed E-state index contributed by atoms with van der Waals surface area (Å²) >= 11 is 0. The maximum Gasteiger partial charge on any atom is 0.246 e. The summed E-state index contributed by atoms with van der Waals surface area (Å²) in [5.41, 5.74) is 2.87. The second kappa shape index (κ2) is 9.26. The number of hydrogen-bond donors (Lipinski definition) is 3. The fourth-order valence-electron chi connectivity index (χ4n) is 3.89. The van der Waals surface area contributed by atoms with E-state index in [-0.39, 0.29) is 11.9 Å². The van der Waals surface area contributed by atoms with Gasteiger partial charge in [0.25, 0.3) is 0 Å². The van der Waals surface area contributed by atoms with E-state index in [1.165, 1.54) is 25.3 Å². The number of fused-ring (bicyclic) bond motifs is 1. The Labute approximate surface area is 177 Å². The van der Waals surface area contributed by atoms with Crippen molar-refractivity contribution < 1.29 is 19.2 Å². The topological polar surface area (TPSA) is 67.3 Å². The molecule has 2 aromatic carbocycles. The van der Waals surface area contributed by atoms with Crippen LogP contribution in [-0.2, 0) is 4.79 Å². The molecule has 0 bridgehead atoms. The van der Waals surface area contributed by atoms with Crippen molar-refractivity contribution in [1.82, 2.24) is 0 Å². The summed E-state index contributed by atoms with van der Waals surface area (Å²) in [6, 6.07) is 13.4. The standard InChI is InChI=1S/C23H30N4O3/c1-3-26-10-12-27(13-11-26)20-7-4-18(5-8-20)24-17(2)23(28)25-19-6-9-21-22(16-19)30-15-14-29-21/h4-9,16-17,24H,3,10-15H2,1-2H3,(H,25,28)/p+1/t17-/m1/s1. The Morgan fingerprint density at radius 1 is 1.03 bits per heavy atom. The lowest BCUT2D eigenvalue weighted by Gasteiger charge is -2.33. The zero-order valence-electron chi connectivity index (χ0n) is 17.7. The fourth-order valence-corrected chi connectivity index (χ4v) is 3.89. The number of nitrogens with one attached hydrogen (secondary N) is 3. The number of nitrogens with zero attached hydrogens (tertiary/aromatic N) is 1. The zero-order chi connectivity index (χ0) is 20.9. The van der Waals surface area contributed by atoms with Gasteiger partial charge in [0.2, 0.25) is 5.91 Å². The third-order valence-electron chi connectivity index (χ3n) is 5.79. The van der Waals surface area contributed by atoms with E-state index in [2.05, 4.69) is 34.6 Å². The van der Waals surface area contributed by atoms with Crippen LogP contribution in [0, 0.1) is 0 Å². The molecule has 0 aliphatic carbocycles. The van der Waals surface area contributed by atoms with Gasteiger partial charge in [-0.15, -0.1) is 0 Å². The summed E-state index contributed by atoms with van der Waals surface area (Å²) < 4.78 is 11.1. The first kappa shape index (κ1) is 20.3. The van der Waals surface area contributed by atoms with Gasteiger partial charge in [0, 0.05) is 23.1 Å². The lowest BCUT2D eigenvalue weighted by atomic mass is 10.2. The molecule has 0 aromatic heterocycles. The molecule has 3 N–H and O–H groups in total. The van der Waals surface area contributed by atoms with E-state index in [4.69, 9.17) is 9.47 Å². The Bertz CT molecular complexity index is 863. The minimum atomic E-state index is -0.374. The molecule has 1 fully saturated rings. The van der Waals surface area contributed by atoms with Gasteiger partial charge in [0.15, 0.2) is 11.5 Å². The maximum atomic E-state index is 12.6. The van der Waals surface area contributed by atoms with Gasteiger partial charge >= 0.3 is 0 Å². The lowest BCUT2D eigenvalue weighted by Crippen LogP contribution is -3.14. The summed E-state index contributed by atoms with van der Waals surface area (Å²) in [4.78, 5) is 16.7. The highest BCUT2D eigenvalue weighted by molar-refractivity contribution is 5.96. The maximum absolute atomic E-state index is 12.6. The number of piperazine rings is 1. The van der Waals surface area contributed by atoms with Crippen molar-refractivity contribution in [2.45, 2.75) is 19.9 Å². The Morgan fingerprint density at radius 3 is 2.40 bits per heavy atom. The highest BCUT2D eigenvalue weighted by Gasteiger charge is 2.19. The van der Waals surface area contributed by atoms with Crippen LogP contribution < -0.4 is 29.9 Å². The summed E-state index contributed by atoms with van der Waals surface area (Å²) in [6.45, 7) is 10.9. The lowest BCUT2D eigenvalue weighted by molar-refractivity contribution is -0.898. The Morgan fingerprint density at radius 2 is 1.70 bits per heavy atom. The van der Waals surface area contributed by atoms with Crippen LogP contribution in [0.25, 0.3) is 0 Å². The largest absolute Gasteiger partial charge is 0.486 e. The molecule has 0 saturated carbocycles. The predicted molar refractivity (Wildman–Crippen MR) is 119 cm³/mol. The molecule has 30 heavy (non-hydrogen) atoms. The molecule has 0 spiro atoms. The van der Waals surface area contributed by atoms with Crippen LogP contribution in [0.5, 0.6) is 11.5 Å². The first-order valence-electron chi connectivity index (χ1n) is 10.8. The average Bonchev–Trinajstić information content (AvgIpc) is 2.79. The summed E-state index contributed by atoms with van der Waals surface area (Å²) in [7, 11) is 0. The number of benzene rings is 2. The van der Waals surface area contributed by atoms with Gasteiger partial charge in [-0.2, -0.15) is 0 Å². The van der Waals surface area contributed by atoms with Crippen molar-refractivity contribution in [2.75, 3.05) is 61.5 Å². The van der Waals surface area contributed by atoms with E-state index in [1.54, 1.807) is 11.0 Å². The van der Waals surface area contributed by atoms with Crippen LogP contribution in [0.2, 0.25) is 0 Å². The van der Waals surface area contributed by atoms with Crippen molar-refractivity contribution in [3.8, 4) is 11.5 Å². The van der Waals surface area contributed by atoms with Crippen LogP contribution in [0.3, 0.4) is 0 Å². The fraction of sp³-hybridized carbons (Fsp3) is 0.435. The van der Waals surface area contributed by atoms with Crippen molar-refractivity contribution in [3.05, 3.63) is 42.5 Å². The minimum absolute atomic E-state index is 0.102. The van der Waals surface area contributed by atoms with Crippen molar-refractivity contribution in [3.63, 3.8) is 0 Å². The van der Waals surface area contributed by atoms with Crippen LogP contribution in [0.4, 0.5) is 17.1 Å². The molecule has 1 saturated heterocycles. The molecule has 0 radical (unpaired) electrons. The molecular formula is C23H31N4O3+. The van der Waals surface area contributed by atoms with E-state index in [0.717, 1.165) is 18.8 Å². The molecule has 1 amide bonds. The van der Waals surface area contributed by atoms with Gasteiger partial charge in [-0.05, 0) is 50.2 Å². The highest BCUT2D eigenvalue weighted by atomic mass is 16.6. The second-order valence-corrected chi connectivity index (χ2v) is 7.85. The highest BCUT2D eigenvalue weighted by Crippen LogP contribution is 2.32. The van der Waals surface area contributed by atoms with Crippen LogP contribution >= 0.6 is 0 Å². The van der Waals surface area contributed by atoms with Crippen molar-refractivity contribution in [2.24, 2.45) is 0 Å². The smallest absolute Gasteiger partial charge is 0.246 e. The van der Waals surface area contributed by atoms with Gasteiger partial charge in [0.05, 0.1) is 32.7 Å². The number of hydrogen-bond acceptors (Lipinski definition) is 5. The number of likely N-dealkylation sites (N-methyl/N-ethyl adjacent to an activating group) is 1. The van der Waals surface area contributed by atoms with E-state index in [1.807, 2.05) is 31.2 Å². The van der Waals surface area contributed by atoms with Gasteiger partial charge in [0.1, 0.15) is 19.3 Å². The molecule has 2 aliphatic heterocycles. The van der Waals surface area contributed by atoms with Crippen molar-refractivity contribution >= 4 is 23.0 Å². The minimum Gasteiger partial charge on any atom is -0.486 e. The first-order chi connectivity index (χ1) is 14.6. The first-order valence-corrected chi connectivity index (χ1v) is 10.8. The van der Waals surface area contributed by atoms with Gasteiger partial charge < -0.3 is 29.9 Å². The molecule has 2 aliphatic rings. The number of ether oxygens (including phenoxy) is 2. The van der Waals surface area contributed by atoms with Crippen LogP contribution in [0.1, 0.15) is 13.8 Å². The van der Waals surface area contributed by atoms with Crippen molar-refractivity contribution in [1.29, 1.82) is 0 Å². The number of quaternary nitrogens is 1. The summed E-state index contributed by atoms with van der Waals surface area (Å²) in [5.74, 6) is 1.27. The molecule has 7 heteroatoms. The molecule has 7 nitrogen and oxygen atoms in total. The SMILES string of the molecule is CC[NH+]1CCN(c2ccc(N[C@H](C)C(=O)Nc3ccc4c(c3)OCCO4)cc2)CC1. The number of rotatable bonds is 6. The Balaban J connectivity index is 1.31. The van der Waals surface area contributed by atoms with E-state index in [9.17, 15) is 4.79 Å². The zero-order valence-corrected chi connectivity index (χ0v) is 17.7. The third kappa shape index (κ3) is 4.79.